The molecule has 0 saturated carbocycles. The van der Waals surface area contributed by atoms with E-state index in [0.29, 0.717) is 11.1 Å². The van der Waals surface area contributed by atoms with E-state index in [-0.39, 0.29) is 5.78 Å². The third-order valence-electron chi connectivity index (χ3n) is 1.96. The zero-order valence-electron chi connectivity index (χ0n) is 8.21. The molecule has 2 rings (SSSR count). The number of pyridine rings is 1. The smallest absolute Gasteiger partial charge is 0.197 e. The Morgan fingerprint density at radius 3 is 2.33 bits per heavy atom. The van der Waals surface area contributed by atoms with Crippen LogP contribution in [0.3, 0.4) is 0 Å². The lowest BCUT2D eigenvalue weighted by molar-refractivity contribution is 0.103. The molecule has 2 heterocycles. The van der Waals surface area contributed by atoms with E-state index in [1.807, 2.05) is 6.92 Å². The summed E-state index contributed by atoms with van der Waals surface area (Å²) in [6, 6.07) is 1.79. The summed E-state index contributed by atoms with van der Waals surface area (Å²) in [5.41, 5.74) is 1.99. The van der Waals surface area contributed by atoms with Crippen LogP contribution in [0.15, 0.2) is 37.2 Å². The minimum Gasteiger partial charge on any atom is -0.288 e. The van der Waals surface area contributed by atoms with Gasteiger partial charge in [0.15, 0.2) is 5.78 Å². The second kappa shape index (κ2) is 3.96. The lowest BCUT2D eigenvalue weighted by Gasteiger charge is -2.00. The highest BCUT2D eigenvalue weighted by molar-refractivity contribution is 6.08. The van der Waals surface area contributed by atoms with Crippen molar-refractivity contribution in [3.8, 4) is 0 Å². The fraction of sp³-hybridized carbons (Fsp3) is 0.0909. The van der Waals surface area contributed by atoms with E-state index < -0.39 is 0 Å². The quantitative estimate of drug-likeness (QED) is 0.686. The van der Waals surface area contributed by atoms with Crippen LogP contribution in [0.25, 0.3) is 0 Å². The van der Waals surface area contributed by atoms with E-state index in [4.69, 9.17) is 0 Å². The summed E-state index contributed by atoms with van der Waals surface area (Å²) in [5.74, 6) is -0.105. The lowest BCUT2D eigenvalue weighted by Crippen LogP contribution is -2.03. The molecule has 0 amide bonds. The number of ketones is 1. The molecule has 15 heavy (non-hydrogen) atoms. The Morgan fingerprint density at radius 2 is 1.67 bits per heavy atom. The Labute approximate surface area is 87.0 Å². The molecule has 74 valence electrons. The molecule has 0 bridgehead atoms. The number of aromatic nitrogens is 3. The molecule has 0 fully saturated rings. The predicted octanol–water partition coefficient (Wildman–Crippen LogP) is 1.41. The Bertz CT molecular complexity index is 482. The molecule has 0 aliphatic heterocycles. The Balaban J connectivity index is 2.37. The third-order valence-corrected chi connectivity index (χ3v) is 1.96. The minimum absolute atomic E-state index is 0.105. The number of aryl methyl sites for hydroxylation is 1. The largest absolute Gasteiger partial charge is 0.288 e. The maximum atomic E-state index is 11.9. The van der Waals surface area contributed by atoms with Gasteiger partial charge in [-0.1, -0.05) is 0 Å². The van der Waals surface area contributed by atoms with Gasteiger partial charge in [-0.05, 0) is 18.6 Å². The van der Waals surface area contributed by atoms with Crippen LogP contribution in [0.5, 0.6) is 0 Å². The van der Waals surface area contributed by atoms with E-state index in [0.717, 1.165) is 5.56 Å². The van der Waals surface area contributed by atoms with Crippen LogP contribution < -0.4 is 0 Å². The molecule has 0 aliphatic rings. The van der Waals surface area contributed by atoms with Gasteiger partial charge in [0.05, 0.1) is 5.56 Å². The Morgan fingerprint density at radius 1 is 1.00 bits per heavy atom. The highest BCUT2D eigenvalue weighted by Crippen LogP contribution is 2.07. The minimum atomic E-state index is -0.105. The van der Waals surface area contributed by atoms with Gasteiger partial charge in [-0.15, -0.1) is 0 Å². The van der Waals surface area contributed by atoms with Gasteiger partial charge in [0.2, 0.25) is 0 Å². The molecule has 2 aromatic heterocycles. The maximum absolute atomic E-state index is 11.9. The Hall–Kier alpha value is -2.10. The molecular formula is C11H9N3O. The van der Waals surface area contributed by atoms with Crippen molar-refractivity contribution >= 4 is 5.78 Å². The van der Waals surface area contributed by atoms with Crippen molar-refractivity contribution < 1.29 is 4.79 Å². The zero-order chi connectivity index (χ0) is 10.7. The van der Waals surface area contributed by atoms with E-state index in [2.05, 4.69) is 15.0 Å². The second-order valence-corrected chi connectivity index (χ2v) is 3.21. The fourth-order valence-electron chi connectivity index (χ4n) is 1.26. The van der Waals surface area contributed by atoms with Crippen LogP contribution in [0, 0.1) is 6.92 Å². The number of hydrogen-bond donors (Lipinski definition) is 0. The first-order chi connectivity index (χ1) is 7.27. The van der Waals surface area contributed by atoms with Gasteiger partial charge in [0.25, 0.3) is 0 Å². The van der Waals surface area contributed by atoms with Crippen molar-refractivity contribution in [3.05, 3.63) is 53.9 Å². The molecule has 0 saturated heterocycles. The SMILES string of the molecule is Cc1cncc(C(=O)c2cncnc2)c1. The molecule has 0 unspecified atom stereocenters. The summed E-state index contributed by atoms with van der Waals surface area (Å²) in [6.45, 7) is 1.89. The zero-order valence-corrected chi connectivity index (χ0v) is 8.21. The van der Waals surface area contributed by atoms with Crippen molar-refractivity contribution in [3.63, 3.8) is 0 Å². The van der Waals surface area contributed by atoms with Gasteiger partial charge in [-0.2, -0.15) is 0 Å². The molecule has 0 aliphatic carbocycles. The average Bonchev–Trinajstić information content (AvgIpc) is 2.29. The highest BCUT2D eigenvalue weighted by Gasteiger charge is 2.09. The van der Waals surface area contributed by atoms with Crippen molar-refractivity contribution in [2.45, 2.75) is 6.92 Å². The Kier molecular flexibility index (Phi) is 2.49. The van der Waals surface area contributed by atoms with Gasteiger partial charge in [0, 0.05) is 30.4 Å². The van der Waals surface area contributed by atoms with Gasteiger partial charge in [-0.3, -0.25) is 9.78 Å². The summed E-state index contributed by atoms with van der Waals surface area (Å²) in [4.78, 5) is 23.5. The number of carbonyl (C=O) groups is 1. The molecule has 0 spiro atoms. The monoisotopic (exact) mass is 199 g/mol. The second-order valence-electron chi connectivity index (χ2n) is 3.21. The fourth-order valence-corrected chi connectivity index (χ4v) is 1.26. The molecule has 0 N–H and O–H groups in total. The van der Waals surface area contributed by atoms with E-state index in [1.54, 1.807) is 18.5 Å². The van der Waals surface area contributed by atoms with E-state index in [9.17, 15) is 4.79 Å². The summed E-state index contributed by atoms with van der Waals surface area (Å²) in [7, 11) is 0. The maximum Gasteiger partial charge on any atom is 0.197 e. The van der Waals surface area contributed by atoms with E-state index in [1.165, 1.54) is 18.7 Å². The first-order valence-corrected chi connectivity index (χ1v) is 4.49. The van der Waals surface area contributed by atoms with Crippen molar-refractivity contribution in [1.82, 2.24) is 15.0 Å². The average molecular weight is 199 g/mol. The summed E-state index contributed by atoms with van der Waals surface area (Å²) < 4.78 is 0. The first-order valence-electron chi connectivity index (χ1n) is 4.49. The lowest BCUT2D eigenvalue weighted by atomic mass is 10.1. The van der Waals surface area contributed by atoms with Crippen LogP contribution in [-0.2, 0) is 0 Å². The van der Waals surface area contributed by atoms with Gasteiger partial charge < -0.3 is 0 Å². The number of rotatable bonds is 2. The van der Waals surface area contributed by atoms with Crippen LogP contribution in [0.1, 0.15) is 21.5 Å². The standard InChI is InChI=1S/C11H9N3O/c1-8-2-9(4-12-3-8)11(15)10-5-13-7-14-6-10/h2-7H,1H3. The van der Waals surface area contributed by atoms with Crippen LogP contribution in [-0.4, -0.2) is 20.7 Å². The normalized spacial score (nSPS) is 9.93. The third kappa shape index (κ3) is 2.04. The highest BCUT2D eigenvalue weighted by atomic mass is 16.1. The molecule has 2 aromatic rings. The molecule has 0 radical (unpaired) electrons. The molecule has 0 atom stereocenters. The summed E-state index contributed by atoms with van der Waals surface area (Å²) in [6.07, 6.45) is 7.64. The first kappa shape index (κ1) is 9.45. The van der Waals surface area contributed by atoms with Crippen molar-refractivity contribution in [2.24, 2.45) is 0 Å². The van der Waals surface area contributed by atoms with Gasteiger partial charge in [-0.25, -0.2) is 9.97 Å². The number of hydrogen-bond acceptors (Lipinski definition) is 4. The molecule has 0 aromatic carbocycles. The van der Waals surface area contributed by atoms with Gasteiger partial charge in [0.1, 0.15) is 6.33 Å². The molecular weight excluding hydrogens is 190 g/mol. The van der Waals surface area contributed by atoms with Crippen LogP contribution >= 0.6 is 0 Å². The van der Waals surface area contributed by atoms with Gasteiger partial charge >= 0.3 is 0 Å². The number of carbonyl (C=O) groups excluding carboxylic acids is 1. The molecule has 4 nitrogen and oxygen atoms in total. The molecule has 4 heteroatoms. The summed E-state index contributed by atoms with van der Waals surface area (Å²) in [5, 5.41) is 0. The predicted molar refractivity (Wildman–Crippen MR) is 54.4 cm³/mol. The number of nitrogens with zero attached hydrogens (tertiary/aromatic N) is 3. The van der Waals surface area contributed by atoms with Crippen LogP contribution in [0.4, 0.5) is 0 Å². The van der Waals surface area contributed by atoms with Crippen molar-refractivity contribution in [2.75, 3.05) is 0 Å². The van der Waals surface area contributed by atoms with E-state index >= 15 is 0 Å². The van der Waals surface area contributed by atoms with Crippen LogP contribution in [0.2, 0.25) is 0 Å². The topological polar surface area (TPSA) is 55.7 Å². The summed E-state index contributed by atoms with van der Waals surface area (Å²) >= 11 is 0. The van der Waals surface area contributed by atoms with Crippen molar-refractivity contribution in [1.29, 1.82) is 0 Å².